The zero-order valence-electron chi connectivity index (χ0n) is 18.5. The van der Waals surface area contributed by atoms with Crippen LogP contribution in [0.25, 0.3) is 11.3 Å². The Bertz CT molecular complexity index is 1100. The second-order valence-corrected chi connectivity index (χ2v) is 7.46. The number of aliphatic hydroxyl groups excluding tert-OH is 1. The molecule has 3 rings (SSSR count). The summed E-state index contributed by atoms with van der Waals surface area (Å²) in [5.41, 5.74) is 5.71. The van der Waals surface area contributed by atoms with E-state index in [1.54, 1.807) is 6.20 Å². The number of allylic oxidation sites excluding steroid dienone is 3. The molecule has 166 valence electrons. The van der Waals surface area contributed by atoms with E-state index in [1.165, 1.54) is 0 Å². The molecule has 1 aromatic heterocycles. The number of hydrogen-bond donors (Lipinski definition) is 3. The Morgan fingerprint density at radius 3 is 2.66 bits per heavy atom. The van der Waals surface area contributed by atoms with Gasteiger partial charge in [-0.1, -0.05) is 25.3 Å². The van der Waals surface area contributed by atoms with E-state index in [2.05, 4.69) is 34.8 Å². The molecule has 7 heteroatoms. The second-order valence-electron chi connectivity index (χ2n) is 7.46. The number of fused-ring (bicyclic) bond motifs is 1. The van der Waals surface area contributed by atoms with Gasteiger partial charge < -0.3 is 25.2 Å². The lowest BCUT2D eigenvalue weighted by atomic mass is 9.98. The molecule has 0 saturated heterocycles. The van der Waals surface area contributed by atoms with E-state index in [1.807, 2.05) is 38.1 Å². The lowest BCUT2D eigenvalue weighted by Gasteiger charge is -2.20. The molecule has 0 fully saturated rings. The van der Waals surface area contributed by atoms with E-state index in [9.17, 15) is 5.26 Å². The number of rotatable bonds is 9. The SMILES string of the molecule is C=C(/C(C#N)=C(\C)NC(=C)c1ncc(CNCCO)cc1C)c1ccc2c(c1)OCCO2. The number of ether oxygens (including phenoxy) is 2. The fourth-order valence-corrected chi connectivity index (χ4v) is 3.46. The molecule has 2 aromatic rings. The number of hydrogen-bond acceptors (Lipinski definition) is 7. The summed E-state index contributed by atoms with van der Waals surface area (Å²) in [4.78, 5) is 4.52. The van der Waals surface area contributed by atoms with Crippen LogP contribution in [0, 0.1) is 18.3 Å². The lowest BCUT2D eigenvalue weighted by molar-refractivity contribution is 0.171. The van der Waals surface area contributed by atoms with Crippen LogP contribution in [0.15, 0.2) is 54.9 Å². The van der Waals surface area contributed by atoms with Crippen molar-refractivity contribution in [3.05, 3.63) is 77.3 Å². The van der Waals surface area contributed by atoms with Gasteiger partial charge in [0.1, 0.15) is 19.3 Å². The first kappa shape index (κ1) is 23.1. The van der Waals surface area contributed by atoms with Gasteiger partial charge in [-0.2, -0.15) is 5.26 Å². The quantitative estimate of drug-likeness (QED) is 0.318. The highest BCUT2D eigenvalue weighted by Crippen LogP contribution is 2.34. The summed E-state index contributed by atoms with van der Waals surface area (Å²) in [6, 6.07) is 9.80. The van der Waals surface area contributed by atoms with Crippen LogP contribution in [0.1, 0.15) is 29.3 Å². The third-order valence-corrected chi connectivity index (χ3v) is 5.06. The summed E-state index contributed by atoms with van der Waals surface area (Å²) >= 11 is 0. The second kappa shape index (κ2) is 10.6. The Kier molecular flexibility index (Phi) is 7.66. The van der Waals surface area contributed by atoms with Gasteiger partial charge in [0.05, 0.1) is 23.6 Å². The van der Waals surface area contributed by atoms with Crippen molar-refractivity contribution in [2.75, 3.05) is 26.4 Å². The molecule has 0 radical (unpaired) electrons. The lowest BCUT2D eigenvalue weighted by Crippen LogP contribution is -2.18. The zero-order chi connectivity index (χ0) is 23.1. The van der Waals surface area contributed by atoms with Crippen LogP contribution >= 0.6 is 0 Å². The number of nitrogens with zero attached hydrogens (tertiary/aromatic N) is 2. The number of aryl methyl sites for hydroxylation is 1. The first-order valence-corrected chi connectivity index (χ1v) is 10.4. The molecule has 7 nitrogen and oxygen atoms in total. The predicted octanol–water partition coefficient (Wildman–Crippen LogP) is 3.31. The summed E-state index contributed by atoms with van der Waals surface area (Å²) in [6.45, 7) is 14.3. The van der Waals surface area contributed by atoms with Gasteiger partial charge in [0, 0.05) is 25.0 Å². The highest BCUT2D eigenvalue weighted by Gasteiger charge is 2.16. The van der Waals surface area contributed by atoms with E-state index in [-0.39, 0.29) is 6.61 Å². The van der Waals surface area contributed by atoms with Crippen molar-refractivity contribution >= 4 is 11.3 Å². The van der Waals surface area contributed by atoms with Gasteiger partial charge in [-0.3, -0.25) is 4.98 Å². The minimum atomic E-state index is 0.0929. The fourth-order valence-electron chi connectivity index (χ4n) is 3.46. The van der Waals surface area contributed by atoms with Gasteiger partial charge in [-0.05, 0) is 48.2 Å². The minimum Gasteiger partial charge on any atom is -0.486 e. The number of benzene rings is 1. The number of nitrogens with one attached hydrogen (secondary N) is 2. The fraction of sp³-hybridized carbons (Fsp3) is 0.280. The van der Waals surface area contributed by atoms with E-state index in [4.69, 9.17) is 14.6 Å². The molecule has 0 amide bonds. The topological polar surface area (TPSA) is 99.4 Å². The highest BCUT2D eigenvalue weighted by molar-refractivity contribution is 5.83. The first-order chi connectivity index (χ1) is 15.4. The Morgan fingerprint density at radius 1 is 1.22 bits per heavy atom. The van der Waals surface area contributed by atoms with Gasteiger partial charge in [-0.15, -0.1) is 0 Å². The predicted molar refractivity (Wildman–Crippen MR) is 125 cm³/mol. The number of nitriles is 1. The molecule has 0 unspecified atom stereocenters. The van der Waals surface area contributed by atoms with E-state index in [0.29, 0.717) is 60.3 Å². The summed E-state index contributed by atoms with van der Waals surface area (Å²) in [7, 11) is 0. The monoisotopic (exact) mass is 432 g/mol. The average Bonchev–Trinajstić information content (AvgIpc) is 2.79. The van der Waals surface area contributed by atoms with Crippen molar-refractivity contribution < 1.29 is 14.6 Å². The van der Waals surface area contributed by atoms with Gasteiger partial charge in [0.2, 0.25) is 0 Å². The van der Waals surface area contributed by atoms with E-state index < -0.39 is 0 Å². The normalized spacial score (nSPS) is 13.1. The van der Waals surface area contributed by atoms with Gasteiger partial charge >= 0.3 is 0 Å². The van der Waals surface area contributed by atoms with Gasteiger partial charge in [0.15, 0.2) is 11.5 Å². The van der Waals surface area contributed by atoms with Crippen LogP contribution in [0.5, 0.6) is 11.5 Å². The van der Waals surface area contributed by atoms with Crippen LogP contribution in [0.4, 0.5) is 0 Å². The molecule has 0 spiro atoms. The van der Waals surface area contributed by atoms with Crippen LogP contribution in [0.3, 0.4) is 0 Å². The molecule has 1 aliphatic heterocycles. The molecular formula is C25H28N4O3. The minimum absolute atomic E-state index is 0.0929. The van der Waals surface area contributed by atoms with Crippen LogP contribution < -0.4 is 20.1 Å². The van der Waals surface area contributed by atoms with Gasteiger partial charge in [-0.25, -0.2) is 0 Å². The van der Waals surface area contributed by atoms with Crippen molar-refractivity contribution in [2.24, 2.45) is 0 Å². The van der Waals surface area contributed by atoms with Crippen LogP contribution in [0.2, 0.25) is 0 Å². The van der Waals surface area contributed by atoms with E-state index >= 15 is 0 Å². The van der Waals surface area contributed by atoms with Crippen molar-refractivity contribution in [1.29, 1.82) is 5.26 Å². The summed E-state index contributed by atoms with van der Waals surface area (Å²) in [5, 5.41) is 25.0. The Hall–Kier alpha value is -3.60. The summed E-state index contributed by atoms with van der Waals surface area (Å²) in [5.74, 6) is 1.34. The average molecular weight is 433 g/mol. The maximum Gasteiger partial charge on any atom is 0.161 e. The highest BCUT2D eigenvalue weighted by atomic mass is 16.6. The molecule has 0 bridgehead atoms. The number of aromatic nitrogens is 1. The third kappa shape index (κ3) is 5.35. The maximum atomic E-state index is 9.81. The smallest absolute Gasteiger partial charge is 0.161 e. The molecule has 0 atom stereocenters. The maximum absolute atomic E-state index is 9.81. The molecule has 0 aliphatic carbocycles. The Morgan fingerprint density at radius 2 is 1.97 bits per heavy atom. The zero-order valence-corrected chi connectivity index (χ0v) is 18.5. The van der Waals surface area contributed by atoms with Crippen LogP contribution in [-0.4, -0.2) is 36.5 Å². The molecule has 3 N–H and O–H groups in total. The molecule has 1 aromatic carbocycles. The first-order valence-electron chi connectivity index (χ1n) is 10.4. The third-order valence-electron chi connectivity index (χ3n) is 5.06. The summed E-state index contributed by atoms with van der Waals surface area (Å²) < 4.78 is 11.2. The Balaban J connectivity index is 1.76. The standard InChI is InChI=1S/C25H28N4O3/c1-16-11-20(14-27-7-8-30)15-28-25(16)19(4)29-18(3)22(13-26)17(2)21-5-6-23-24(12-21)32-10-9-31-23/h5-6,11-12,15,27,29-30H,2,4,7-10,14H2,1,3H3/b22-18+. The number of pyridine rings is 1. The molecular weight excluding hydrogens is 404 g/mol. The van der Waals surface area contributed by atoms with Crippen molar-refractivity contribution in [1.82, 2.24) is 15.6 Å². The van der Waals surface area contributed by atoms with Gasteiger partial charge in [0.25, 0.3) is 0 Å². The van der Waals surface area contributed by atoms with Crippen LogP contribution in [-0.2, 0) is 6.54 Å². The van der Waals surface area contributed by atoms with Crippen molar-refractivity contribution in [3.63, 3.8) is 0 Å². The molecule has 2 heterocycles. The Labute approximate surface area is 188 Å². The molecule has 0 saturated carbocycles. The van der Waals surface area contributed by atoms with E-state index in [0.717, 1.165) is 22.4 Å². The molecule has 32 heavy (non-hydrogen) atoms. The van der Waals surface area contributed by atoms with Crippen molar-refractivity contribution in [3.8, 4) is 17.6 Å². The summed E-state index contributed by atoms with van der Waals surface area (Å²) in [6.07, 6.45) is 1.78. The molecule has 1 aliphatic rings. The van der Waals surface area contributed by atoms with Crippen molar-refractivity contribution in [2.45, 2.75) is 20.4 Å². The largest absolute Gasteiger partial charge is 0.486 e. The number of aliphatic hydroxyl groups is 1.